The highest BCUT2D eigenvalue weighted by atomic mass is 16.5. The Bertz CT molecular complexity index is 705. The second-order valence-corrected chi connectivity index (χ2v) is 6.80. The molecule has 1 aliphatic carbocycles. The van der Waals surface area contributed by atoms with Crippen LogP contribution in [0.5, 0.6) is 0 Å². The molecule has 0 saturated carbocycles. The Balaban J connectivity index is 1.66. The Morgan fingerprint density at radius 2 is 2.16 bits per heavy atom. The molecule has 1 saturated heterocycles. The normalized spacial score (nSPS) is 25.5. The van der Waals surface area contributed by atoms with Crippen molar-refractivity contribution in [1.82, 2.24) is 15.5 Å². The van der Waals surface area contributed by atoms with Crippen LogP contribution in [0.3, 0.4) is 0 Å². The molecule has 0 bridgehead atoms. The van der Waals surface area contributed by atoms with Gasteiger partial charge in [0.25, 0.3) is 5.91 Å². The van der Waals surface area contributed by atoms with Crippen LogP contribution in [0.2, 0.25) is 0 Å². The zero-order valence-electron chi connectivity index (χ0n) is 14.5. The molecule has 1 aliphatic heterocycles. The average Bonchev–Trinajstić information content (AvgIpc) is 2.79. The fraction of sp³-hybridized carbons (Fsp3) is 0.500. The minimum Gasteiger partial charge on any atom is -0.382 e. The largest absolute Gasteiger partial charge is 0.382 e. The molecule has 0 aromatic heterocycles. The molecule has 1 heterocycles. The first-order chi connectivity index (χ1) is 11.9. The van der Waals surface area contributed by atoms with Gasteiger partial charge in [0.2, 0.25) is 5.91 Å². The predicted molar refractivity (Wildman–Crippen MR) is 90.8 cm³/mol. The number of nitrogens with one attached hydrogen (secondary N) is 2. The fourth-order valence-electron chi connectivity index (χ4n) is 3.56. The molecule has 0 radical (unpaired) electrons. The molecule has 1 aromatic rings. The van der Waals surface area contributed by atoms with Crippen molar-refractivity contribution in [3.05, 3.63) is 35.4 Å². The van der Waals surface area contributed by atoms with Crippen LogP contribution in [-0.4, -0.2) is 48.5 Å². The summed E-state index contributed by atoms with van der Waals surface area (Å²) in [4.78, 5) is 37.9. The molecule has 134 valence electrons. The van der Waals surface area contributed by atoms with Gasteiger partial charge in [-0.05, 0) is 37.3 Å². The molecule has 7 nitrogen and oxygen atoms in total. The highest BCUT2D eigenvalue weighted by Gasteiger charge is 2.48. The van der Waals surface area contributed by atoms with Crippen LogP contribution >= 0.6 is 0 Å². The number of carbonyl (C=O) groups excluding carboxylic acids is 3. The van der Waals surface area contributed by atoms with Crippen molar-refractivity contribution in [2.24, 2.45) is 0 Å². The van der Waals surface area contributed by atoms with E-state index in [4.69, 9.17) is 4.74 Å². The lowest BCUT2D eigenvalue weighted by molar-refractivity contribution is -0.136. The van der Waals surface area contributed by atoms with Gasteiger partial charge < -0.3 is 15.4 Å². The lowest BCUT2D eigenvalue weighted by atomic mass is 9.88. The van der Waals surface area contributed by atoms with Gasteiger partial charge in [-0.2, -0.15) is 0 Å². The van der Waals surface area contributed by atoms with E-state index in [2.05, 4.69) is 16.7 Å². The standard InChI is InChI=1S/C18H23N3O4/c1-18(11-25-2)16(23)21(17(24)20-18)10-15(22)19-14-9-5-7-12-6-3-4-8-13(12)14/h3-4,6,8,14H,5,7,9-11H2,1-2H3,(H,19,22)(H,20,24)/t14-,18-/m1/s1. The Morgan fingerprint density at radius 1 is 1.40 bits per heavy atom. The SMILES string of the molecule is COC[C@@]1(C)NC(=O)N(CC(=O)N[C@@H]2CCCc3ccccc32)C1=O. The van der Waals surface area contributed by atoms with Crippen molar-refractivity contribution in [2.75, 3.05) is 20.3 Å². The van der Waals surface area contributed by atoms with Crippen LogP contribution in [0.25, 0.3) is 0 Å². The van der Waals surface area contributed by atoms with E-state index in [-0.39, 0.29) is 25.1 Å². The zero-order chi connectivity index (χ0) is 18.0. The molecule has 3 rings (SSSR count). The fourth-order valence-corrected chi connectivity index (χ4v) is 3.56. The van der Waals surface area contributed by atoms with Gasteiger partial charge in [0.1, 0.15) is 12.1 Å². The summed E-state index contributed by atoms with van der Waals surface area (Å²) in [7, 11) is 1.46. The number of carbonyl (C=O) groups is 3. The third-order valence-electron chi connectivity index (χ3n) is 4.78. The van der Waals surface area contributed by atoms with Gasteiger partial charge >= 0.3 is 6.03 Å². The van der Waals surface area contributed by atoms with Gasteiger partial charge in [-0.3, -0.25) is 14.5 Å². The van der Waals surface area contributed by atoms with Crippen molar-refractivity contribution in [3.63, 3.8) is 0 Å². The summed E-state index contributed by atoms with van der Waals surface area (Å²) in [5.74, 6) is -0.787. The van der Waals surface area contributed by atoms with Gasteiger partial charge in [-0.15, -0.1) is 0 Å². The number of hydrogen-bond donors (Lipinski definition) is 2. The lowest BCUT2D eigenvalue weighted by Crippen LogP contribution is -2.48. The number of amides is 4. The number of hydrogen-bond acceptors (Lipinski definition) is 4. The molecule has 0 unspecified atom stereocenters. The van der Waals surface area contributed by atoms with E-state index >= 15 is 0 Å². The Labute approximate surface area is 146 Å². The molecule has 4 amide bonds. The van der Waals surface area contributed by atoms with Crippen molar-refractivity contribution < 1.29 is 19.1 Å². The molecule has 2 aliphatic rings. The Hall–Kier alpha value is -2.41. The van der Waals surface area contributed by atoms with Crippen molar-refractivity contribution in [1.29, 1.82) is 0 Å². The summed E-state index contributed by atoms with van der Waals surface area (Å²) >= 11 is 0. The summed E-state index contributed by atoms with van der Waals surface area (Å²) in [5.41, 5.74) is 1.23. The molecule has 0 spiro atoms. The van der Waals surface area contributed by atoms with E-state index in [1.165, 1.54) is 12.7 Å². The van der Waals surface area contributed by atoms with Crippen LogP contribution < -0.4 is 10.6 Å². The quantitative estimate of drug-likeness (QED) is 0.784. The first kappa shape index (κ1) is 17.4. The number of rotatable bonds is 5. The molecule has 2 atom stereocenters. The number of fused-ring (bicyclic) bond motifs is 1. The third kappa shape index (κ3) is 3.37. The monoisotopic (exact) mass is 345 g/mol. The van der Waals surface area contributed by atoms with Crippen molar-refractivity contribution in [3.8, 4) is 0 Å². The van der Waals surface area contributed by atoms with Crippen molar-refractivity contribution in [2.45, 2.75) is 37.8 Å². The summed E-state index contributed by atoms with van der Waals surface area (Å²) in [6.45, 7) is 1.36. The van der Waals surface area contributed by atoms with Gasteiger partial charge in [0, 0.05) is 7.11 Å². The molecule has 1 aromatic carbocycles. The van der Waals surface area contributed by atoms with Gasteiger partial charge in [-0.25, -0.2) is 4.79 Å². The number of urea groups is 1. The van der Waals surface area contributed by atoms with Crippen LogP contribution in [0.1, 0.15) is 36.9 Å². The first-order valence-electron chi connectivity index (χ1n) is 8.45. The summed E-state index contributed by atoms with van der Waals surface area (Å²) in [5, 5.41) is 5.55. The molecule has 25 heavy (non-hydrogen) atoms. The second kappa shape index (κ2) is 6.84. The van der Waals surface area contributed by atoms with E-state index in [1.54, 1.807) is 6.92 Å². The summed E-state index contributed by atoms with van der Waals surface area (Å²) in [6, 6.07) is 7.39. The number of benzene rings is 1. The second-order valence-electron chi connectivity index (χ2n) is 6.80. The number of methoxy groups -OCH3 is 1. The lowest BCUT2D eigenvalue weighted by Gasteiger charge is -2.27. The van der Waals surface area contributed by atoms with Crippen LogP contribution in [0.15, 0.2) is 24.3 Å². The predicted octanol–water partition coefficient (Wildman–Crippen LogP) is 1.14. The van der Waals surface area contributed by atoms with E-state index in [0.717, 1.165) is 29.7 Å². The van der Waals surface area contributed by atoms with Crippen molar-refractivity contribution >= 4 is 17.8 Å². The van der Waals surface area contributed by atoms with E-state index in [1.807, 2.05) is 18.2 Å². The smallest absolute Gasteiger partial charge is 0.325 e. The van der Waals surface area contributed by atoms with Gasteiger partial charge in [0.15, 0.2) is 0 Å². The average molecular weight is 345 g/mol. The van der Waals surface area contributed by atoms with E-state index in [9.17, 15) is 14.4 Å². The minimum absolute atomic E-state index is 0.0612. The van der Waals surface area contributed by atoms with Crippen LogP contribution in [0.4, 0.5) is 4.79 Å². The molecule has 2 N–H and O–H groups in total. The van der Waals surface area contributed by atoms with E-state index in [0.29, 0.717) is 0 Å². The van der Waals surface area contributed by atoms with Crippen LogP contribution in [0, 0.1) is 0 Å². The topological polar surface area (TPSA) is 87.7 Å². The maximum atomic E-state index is 12.4. The summed E-state index contributed by atoms with van der Waals surface area (Å²) < 4.78 is 5.00. The Morgan fingerprint density at radius 3 is 2.92 bits per heavy atom. The number of ether oxygens (including phenoxy) is 1. The summed E-state index contributed by atoms with van der Waals surface area (Å²) in [6.07, 6.45) is 2.85. The first-order valence-corrected chi connectivity index (χ1v) is 8.45. The zero-order valence-corrected chi connectivity index (χ0v) is 14.5. The van der Waals surface area contributed by atoms with Crippen LogP contribution in [-0.2, 0) is 20.7 Å². The molecule has 1 fully saturated rings. The number of nitrogens with zero attached hydrogens (tertiary/aromatic N) is 1. The molecular weight excluding hydrogens is 322 g/mol. The van der Waals surface area contributed by atoms with E-state index < -0.39 is 17.5 Å². The van der Waals surface area contributed by atoms with Gasteiger partial charge in [-0.1, -0.05) is 24.3 Å². The Kier molecular flexibility index (Phi) is 4.76. The highest BCUT2D eigenvalue weighted by molar-refractivity contribution is 6.08. The highest BCUT2D eigenvalue weighted by Crippen LogP contribution is 2.29. The maximum absolute atomic E-state index is 12.4. The number of imide groups is 1. The molecule has 7 heteroatoms. The third-order valence-corrected chi connectivity index (χ3v) is 4.78. The van der Waals surface area contributed by atoms with Gasteiger partial charge in [0.05, 0.1) is 12.6 Å². The maximum Gasteiger partial charge on any atom is 0.325 e. The molecular formula is C18H23N3O4. The number of aryl methyl sites for hydroxylation is 1. The minimum atomic E-state index is -1.12.